The first-order valence-corrected chi connectivity index (χ1v) is 14.3. The Morgan fingerprint density at radius 3 is 1.88 bits per heavy atom. The van der Waals surface area contributed by atoms with Crippen LogP contribution in [0.3, 0.4) is 0 Å². The molecule has 2 aliphatic rings. The zero-order valence-electron chi connectivity index (χ0n) is 23.5. The predicted octanol–water partition coefficient (Wildman–Crippen LogP) is 11.0. The Balaban J connectivity index is 1.30. The highest BCUT2D eigenvalue weighted by atomic mass is 15.2. The van der Waals surface area contributed by atoms with Crippen LogP contribution < -0.4 is 15.5 Å². The molecule has 202 valence electrons. The summed E-state index contributed by atoms with van der Waals surface area (Å²) < 4.78 is 0. The molecule has 7 rings (SSSR count). The molecule has 2 N–H and O–H groups in total. The molecule has 0 saturated carbocycles. The lowest BCUT2D eigenvalue weighted by atomic mass is 9.98. The highest BCUT2D eigenvalue weighted by Gasteiger charge is 2.25. The van der Waals surface area contributed by atoms with Gasteiger partial charge in [-0.3, -0.25) is 0 Å². The minimum absolute atomic E-state index is 1.04. The van der Waals surface area contributed by atoms with Crippen molar-refractivity contribution in [1.29, 1.82) is 0 Å². The molecule has 0 unspecified atom stereocenters. The predicted molar refractivity (Wildman–Crippen MR) is 180 cm³/mol. The van der Waals surface area contributed by atoms with Gasteiger partial charge in [0.25, 0.3) is 0 Å². The molecule has 0 aliphatic carbocycles. The van der Waals surface area contributed by atoms with Crippen molar-refractivity contribution in [2.45, 2.75) is 6.92 Å². The summed E-state index contributed by atoms with van der Waals surface area (Å²) in [5, 5.41) is 7.36. The van der Waals surface area contributed by atoms with Gasteiger partial charge in [-0.15, -0.1) is 0 Å². The molecule has 0 radical (unpaired) electrons. The summed E-state index contributed by atoms with van der Waals surface area (Å²) in [6.45, 7) is 6.03. The topological polar surface area (TPSA) is 27.3 Å². The van der Waals surface area contributed by atoms with Crippen molar-refractivity contribution in [3.8, 4) is 22.3 Å². The van der Waals surface area contributed by atoms with Gasteiger partial charge in [-0.25, -0.2) is 0 Å². The molecule has 0 saturated heterocycles. The number of nitrogens with one attached hydrogen (secondary N) is 2. The van der Waals surface area contributed by atoms with Gasteiger partial charge in [0.05, 0.1) is 22.7 Å². The van der Waals surface area contributed by atoms with Crippen LogP contribution in [0.25, 0.3) is 28.3 Å². The van der Waals surface area contributed by atoms with Gasteiger partial charge < -0.3 is 15.5 Å². The Hall–Kier alpha value is -5.54. The fourth-order valence-corrected chi connectivity index (χ4v) is 5.75. The number of nitrogens with zero attached hydrogens (tertiary/aromatic N) is 1. The first-order valence-electron chi connectivity index (χ1n) is 14.3. The number of hydrogen-bond acceptors (Lipinski definition) is 3. The first kappa shape index (κ1) is 25.4. The lowest BCUT2D eigenvalue weighted by molar-refractivity contribution is 1.25. The molecule has 2 heterocycles. The molecule has 0 fully saturated rings. The van der Waals surface area contributed by atoms with E-state index in [1.54, 1.807) is 0 Å². The number of para-hydroxylation sites is 1. The Kier molecular flexibility index (Phi) is 6.54. The lowest BCUT2D eigenvalue weighted by Crippen LogP contribution is -2.17. The molecule has 0 atom stereocenters. The number of allylic oxidation sites excluding steroid dienone is 5. The van der Waals surface area contributed by atoms with E-state index in [-0.39, 0.29) is 0 Å². The molecule has 42 heavy (non-hydrogen) atoms. The average molecular weight is 542 g/mol. The summed E-state index contributed by atoms with van der Waals surface area (Å²) in [6.07, 6.45) is 10.3. The SMILES string of the molecule is C=CC1=C(/C=C\C)Nc2ccc(-c3ccc4c(c3)Nc3cc(-c5ccccc5)ccc3N4c3ccccc3)cc2C=C1. The summed E-state index contributed by atoms with van der Waals surface area (Å²) in [5.74, 6) is 0. The second-order valence-electron chi connectivity index (χ2n) is 10.5. The summed E-state index contributed by atoms with van der Waals surface area (Å²) >= 11 is 0. The maximum absolute atomic E-state index is 4.00. The Bertz CT molecular complexity index is 1900. The van der Waals surface area contributed by atoms with E-state index in [4.69, 9.17) is 0 Å². The standard InChI is InChI=1S/C39H31N3/c1-3-11-34-27(4-2)16-17-32-24-29(18-21-35(32)40-34)31-20-23-39-37(26-31)41-36-25-30(28-12-7-5-8-13-28)19-22-38(36)42(39)33-14-9-6-10-15-33/h3-26,40-41H,2H2,1H3/b11-3-. The first-order chi connectivity index (χ1) is 20.7. The maximum atomic E-state index is 4.00. The van der Waals surface area contributed by atoms with Gasteiger partial charge in [0.2, 0.25) is 0 Å². The number of benzene rings is 5. The van der Waals surface area contributed by atoms with Gasteiger partial charge in [0, 0.05) is 17.1 Å². The largest absolute Gasteiger partial charge is 0.355 e. The molecular weight excluding hydrogens is 510 g/mol. The van der Waals surface area contributed by atoms with Crippen molar-refractivity contribution in [3.05, 3.63) is 163 Å². The molecule has 0 spiro atoms. The Morgan fingerprint density at radius 2 is 1.21 bits per heavy atom. The van der Waals surface area contributed by atoms with E-state index in [0.717, 1.165) is 62.1 Å². The van der Waals surface area contributed by atoms with E-state index in [1.807, 2.05) is 19.1 Å². The summed E-state index contributed by atoms with van der Waals surface area (Å²) in [7, 11) is 0. The van der Waals surface area contributed by atoms with Gasteiger partial charge in [-0.05, 0) is 94.9 Å². The normalized spacial score (nSPS) is 13.5. The lowest BCUT2D eigenvalue weighted by Gasteiger charge is -2.34. The van der Waals surface area contributed by atoms with Crippen LogP contribution in [0.15, 0.2) is 157 Å². The summed E-state index contributed by atoms with van der Waals surface area (Å²) in [4.78, 5) is 2.34. The molecule has 0 aromatic heterocycles. The van der Waals surface area contributed by atoms with Gasteiger partial charge in [-0.2, -0.15) is 0 Å². The average Bonchev–Trinajstić information content (AvgIpc) is 3.22. The van der Waals surface area contributed by atoms with Gasteiger partial charge in [0.1, 0.15) is 0 Å². The van der Waals surface area contributed by atoms with Crippen LogP contribution in [0, 0.1) is 0 Å². The smallest absolute Gasteiger partial charge is 0.0698 e. The highest BCUT2D eigenvalue weighted by Crippen LogP contribution is 2.49. The van der Waals surface area contributed by atoms with Crippen LogP contribution in [0.4, 0.5) is 34.1 Å². The van der Waals surface area contributed by atoms with Crippen LogP contribution in [0.1, 0.15) is 12.5 Å². The van der Waals surface area contributed by atoms with Crippen LogP contribution in [0.2, 0.25) is 0 Å². The van der Waals surface area contributed by atoms with Crippen LogP contribution >= 0.6 is 0 Å². The third-order valence-electron chi connectivity index (χ3n) is 7.83. The zero-order valence-corrected chi connectivity index (χ0v) is 23.5. The van der Waals surface area contributed by atoms with Gasteiger partial charge >= 0.3 is 0 Å². The molecule has 3 nitrogen and oxygen atoms in total. The van der Waals surface area contributed by atoms with Crippen LogP contribution in [-0.4, -0.2) is 0 Å². The fourth-order valence-electron chi connectivity index (χ4n) is 5.75. The van der Waals surface area contributed by atoms with E-state index in [0.29, 0.717) is 0 Å². The van der Waals surface area contributed by atoms with Gasteiger partial charge in [0.15, 0.2) is 0 Å². The summed E-state index contributed by atoms with van der Waals surface area (Å²) in [6, 6.07) is 41.1. The fraction of sp³-hybridized carbons (Fsp3) is 0.0256. The molecule has 0 bridgehead atoms. The van der Waals surface area contributed by atoms with E-state index in [1.165, 1.54) is 11.1 Å². The van der Waals surface area contributed by atoms with E-state index >= 15 is 0 Å². The van der Waals surface area contributed by atoms with E-state index in [2.05, 4.69) is 156 Å². The van der Waals surface area contributed by atoms with Crippen molar-refractivity contribution in [3.63, 3.8) is 0 Å². The number of fused-ring (bicyclic) bond motifs is 3. The van der Waals surface area contributed by atoms with Crippen molar-refractivity contribution in [2.75, 3.05) is 15.5 Å². The third kappa shape index (κ3) is 4.61. The number of anilines is 6. The van der Waals surface area contributed by atoms with Crippen molar-refractivity contribution in [1.82, 2.24) is 0 Å². The molecule has 5 aromatic rings. The monoisotopic (exact) mass is 541 g/mol. The quantitative estimate of drug-likeness (QED) is 0.227. The number of hydrogen-bond donors (Lipinski definition) is 2. The van der Waals surface area contributed by atoms with Crippen molar-refractivity contribution in [2.24, 2.45) is 0 Å². The van der Waals surface area contributed by atoms with Crippen molar-refractivity contribution < 1.29 is 0 Å². The van der Waals surface area contributed by atoms with E-state index < -0.39 is 0 Å². The maximum Gasteiger partial charge on any atom is 0.0698 e. The molecular formula is C39H31N3. The molecule has 3 heteroatoms. The van der Waals surface area contributed by atoms with E-state index in [9.17, 15) is 0 Å². The Labute approximate surface area is 247 Å². The second kappa shape index (κ2) is 10.8. The highest BCUT2D eigenvalue weighted by molar-refractivity contribution is 5.99. The minimum atomic E-state index is 1.04. The molecule has 0 amide bonds. The number of rotatable bonds is 5. The van der Waals surface area contributed by atoms with Crippen LogP contribution in [-0.2, 0) is 0 Å². The molecule has 2 aliphatic heterocycles. The van der Waals surface area contributed by atoms with Gasteiger partial charge in [-0.1, -0.05) is 97.6 Å². The minimum Gasteiger partial charge on any atom is -0.355 e. The zero-order chi connectivity index (χ0) is 28.5. The third-order valence-corrected chi connectivity index (χ3v) is 7.83. The van der Waals surface area contributed by atoms with Crippen LogP contribution in [0.5, 0.6) is 0 Å². The van der Waals surface area contributed by atoms with Crippen molar-refractivity contribution >= 4 is 40.2 Å². The molecule has 5 aromatic carbocycles. The Morgan fingerprint density at radius 1 is 0.595 bits per heavy atom. The second-order valence-corrected chi connectivity index (χ2v) is 10.5. The summed E-state index contributed by atoms with van der Waals surface area (Å²) in [5.41, 5.74) is 14.6.